The summed E-state index contributed by atoms with van der Waals surface area (Å²) in [4.78, 5) is 36.6. The van der Waals surface area contributed by atoms with Gasteiger partial charge in [0.2, 0.25) is 6.10 Å². The van der Waals surface area contributed by atoms with Crippen molar-refractivity contribution in [2.24, 2.45) is 5.92 Å². The first-order chi connectivity index (χ1) is 10.7. The van der Waals surface area contributed by atoms with E-state index in [2.05, 4.69) is 0 Å². The number of hydrogen-bond acceptors (Lipinski definition) is 6. The van der Waals surface area contributed by atoms with Gasteiger partial charge in [-0.05, 0) is 26.3 Å². The Morgan fingerprint density at radius 2 is 1.70 bits per heavy atom. The van der Waals surface area contributed by atoms with Crippen LogP contribution in [0.5, 0.6) is 0 Å². The van der Waals surface area contributed by atoms with Gasteiger partial charge in [0, 0.05) is 0 Å². The highest BCUT2D eigenvalue weighted by molar-refractivity contribution is 6.00. The molecule has 0 saturated carbocycles. The van der Waals surface area contributed by atoms with Gasteiger partial charge in [-0.15, -0.1) is 0 Å². The largest absolute Gasteiger partial charge is 0.466 e. The van der Waals surface area contributed by atoms with Gasteiger partial charge < -0.3 is 14.2 Å². The van der Waals surface area contributed by atoms with Crippen molar-refractivity contribution < 1.29 is 28.6 Å². The molecule has 0 aromatic heterocycles. The van der Waals surface area contributed by atoms with Gasteiger partial charge in [0.05, 0.1) is 13.0 Å². The Morgan fingerprint density at radius 3 is 2.22 bits per heavy atom. The lowest BCUT2D eigenvalue weighted by Crippen LogP contribution is -2.35. The smallest absolute Gasteiger partial charge is 0.347 e. The zero-order chi connectivity index (χ0) is 17.2. The van der Waals surface area contributed by atoms with E-state index in [0.717, 1.165) is 0 Å². The number of hydrogen-bond donors (Lipinski definition) is 0. The fraction of sp³-hybridized carbons (Fsp3) is 0.471. The highest BCUT2D eigenvalue weighted by atomic mass is 16.6. The van der Waals surface area contributed by atoms with Crippen LogP contribution in [-0.4, -0.2) is 36.7 Å². The molecular formula is C17H20O6. The Balaban J connectivity index is 2.40. The second-order valence-electron chi connectivity index (χ2n) is 6.33. The number of benzene rings is 1. The highest BCUT2D eigenvalue weighted by Crippen LogP contribution is 2.39. The third-order valence-corrected chi connectivity index (χ3v) is 3.46. The van der Waals surface area contributed by atoms with E-state index in [9.17, 15) is 14.4 Å². The lowest BCUT2D eigenvalue weighted by molar-refractivity contribution is -0.166. The molecule has 1 aromatic carbocycles. The highest BCUT2D eigenvalue weighted by Gasteiger charge is 2.54. The molecule has 3 atom stereocenters. The minimum Gasteiger partial charge on any atom is -0.466 e. The monoisotopic (exact) mass is 320 g/mol. The van der Waals surface area contributed by atoms with Gasteiger partial charge in [-0.2, -0.15) is 0 Å². The predicted octanol–water partition coefficient (Wildman–Crippen LogP) is 1.83. The van der Waals surface area contributed by atoms with Crippen molar-refractivity contribution >= 4 is 17.9 Å². The van der Waals surface area contributed by atoms with Gasteiger partial charge in [0.25, 0.3) is 0 Å². The van der Waals surface area contributed by atoms with E-state index in [-0.39, 0.29) is 0 Å². The van der Waals surface area contributed by atoms with Gasteiger partial charge in [0.15, 0.2) is 5.92 Å². The number of ether oxygens (including phenoxy) is 3. The van der Waals surface area contributed by atoms with E-state index in [0.29, 0.717) is 5.56 Å². The van der Waals surface area contributed by atoms with Crippen LogP contribution in [0.3, 0.4) is 0 Å². The first-order valence-corrected chi connectivity index (χ1v) is 7.30. The Hall–Kier alpha value is -2.37. The third-order valence-electron chi connectivity index (χ3n) is 3.46. The molecule has 0 bridgehead atoms. The second-order valence-corrected chi connectivity index (χ2v) is 6.33. The average Bonchev–Trinajstić information content (AvgIpc) is 2.83. The summed E-state index contributed by atoms with van der Waals surface area (Å²) < 4.78 is 15.1. The molecular weight excluding hydrogens is 300 g/mol. The quantitative estimate of drug-likeness (QED) is 0.480. The third kappa shape index (κ3) is 3.70. The zero-order valence-corrected chi connectivity index (χ0v) is 13.6. The summed E-state index contributed by atoms with van der Waals surface area (Å²) in [6, 6.07) is 8.80. The van der Waals surface area contributed by atoms with Gasteiger partial charge in [0.1, 0.15) is 5.60 Å². The molecule has 0 radical (unpaired) electrons. The SMILES string of the molecule is COC(=O)C1OC(=O)C(C(=O)OC(C)(C)C)C1c1ccccc1. The maximum absolute atomic E-state index is 12.4. The zero-order valence-electron chi connectivity index (χ0n) is 13.6. The normalized spacial score (nSPS) is 24.0. The first-order valence-electron chi connectivity index (χ1n) is 7.30. The number of rotatable bonds is 3. The summed E-state index contributed by atoms with van der Waals surface area (Å²) in [5, 5.41) is 0. The van der Waals surface area contributed by atoms with E-state index in [1.54, 1.807) is 51.1 Å². The molecule has 1 heterocycles. The van der Waals surface area contributed by atoms with Crippen LogP contribution in [0.2, 0.25) is 0 Å². The topological polar surface area (TPSA) is 78.9 Å². The Morgan fingerprint density at radius 1 is 1.09 bits per heavy atom. The van der Waals surface area contributed by atoms with Crippen molar-refractivity contribution in [3.63, 3.8) is 0 Å². The molecule has 2 rings (SSSR count). The maximum Gasteiger partial charge on any atom is 0.347 e. The molecule has 124 valence electrons. The van der Waals surface area contributed by atoms with Crippen LogP contribution < -0.4 is 0 Å². The maximum atomic E-state index is 12.4. The number of carbonyl (C=O) groups is 3. The minimum atomic E-state index is -1.19. The summed E-state index contributed by atoms with van der Waals surface area (Å²) >= 11 is 0. The first kappa shape index (κ1) is 17.0. The van der Waals surface area contributed by atoms with Crippen molar-refractivity contribution in [1.82, 2.24) is 0 Å². The van der Waals surface area contributed by atoms with Gasteiger partial charge in [-0.1, -0.05) is 30.3 Å². The fourth-order valence-electron chi connectivity index (χ4n) is 2.55. The molecule has 3 unspecified atom stereocenters. The van der Waals surface area contributed by atoms with Crippen LogP contribution >= 0.6 is 0 Å². The van der Waals surface area contributed by atoms with Crippen LogP contribution in [0, 0.1) is 5.92 Å². The standard InChI is InChI=1S/C17H20O6/c1-17(2,3)23-15(19)12-11(10-8-6-5-7-9-10)13(16(20)21-4)22-14(12)18/h5-9,11-13H,1-4H3. The van der Waals surface area contributed by atoms with Crippen LogP contribution in [-0.2, 0) is 28.6 Å². The molecule has 0 aliphatic carbocycles. The van der Waals surface area contributed by atoms with Crippen LogP contribution in [0.4, 0.5) is 0 Å². The number of methoxy groups -OCH3 is 1. The molecule has 1 aliphatic heterocycles. The van der Waals surface area contributed by atoms with Crippen molar-refractivity contribution in [1.29, 1.82) is 0 Å². The predicted molar refractivity (Wildman–Crippen MR) is 80.4 cm³/mol. The van der Waals surface area contributed by atoms with Crippen LogP contribution in [0.25, 0.3) is 0 Å². The summed E-state index contributed by atoms with van der Waals surface area (Å²) in [6.07, 6.45) is -1.16. The average molecular weight is 320 g/mol. The number of cyclic esters (lactones) is 1. The summed E-state index contributed by atoms with van der Waals surface area (Å²) in [5.74, 6) is -4.14. The summed E-state index contributed by atoms with van der Waals surface area (Å²) in [6.45, 7) is 5.13. The molecule has 0 N–H and O–H groups in total. The molecule has 23 heavy (non-hydrogen) atoms. The van der Waals surface area contributed by atoms with E-state index >= 15 is 0 Å². The molecule has 6 heteroatoms. The number of esters is 3. The molecule has 0 amide bonds. The molecule has 1 aromatic rings. The van der Waals surface area contributed by atoms with Gasteiger partial charge in [-0.3, -0.25) is 9.59 Å². The Labute approximate surface area is 134 Å². The van der Waals surface area contributed by atoms with E-state index in [1.807, 2.05) is 0 Å². The van der Waals surface area contributed by atoms with Crippen LogP contribution in [0.1, 0.15) is 32.3 Å². The second kappa shape index (κ2) is 6.40. The number of carbonyl (C=O) groups excluding carboxylic acids is 3. The van der Waals surface area contributed by atoms with Crippen molar-refractivity contribution in [2.75, 3.05) is 7.11 Å². The van der Waals surface area contributed by atoms with Gasteiger partial charge >= 0.3 is 17.9 Å². The minimum absolute atomic E-state index is 0.643. The van der Waals surface area contributed by atoms with E-state index < -0.39 is 41.4 Å². The van der Waals surface area contributed by atoms with Gasteiger partial charge in [-0.25, -0.2) is 4.79 Å². The molecule has 1 fully saturated rings. The van der Waals surface area contributed by atoms with Crippen LogP contribution in [0.15, 0.2) is 30.3 Å². The van der Waals surface area contributed by atoms with Crippen molar-refractivity contribution in [3.05, 3.63) is 35.9 Å². The molecule has 0 spiro atoms. The summed E-state index contributed by atoms with van der Waals surface area (Å²) in [7, 11) is 1.21. The summed E-state index contributed by atoms with van der Waals surface area (Å²) in [5.41, 5.74) is -0.105. The fourth-order valence-corrected chi connectivity index (χ4v) is 2.55. The van der Waals surface area contributed by atoms with E-state index in [4.69, 9.17) is 14.2 Å². The lowest BCUT2D eigenvalue weighted by Gasteiger charge is -2.24. The molecule has 1 saturated heterocycles. The lowest BCUT2D eigenvalue weighted by atomic mass is 9.84. The molecule has 1 aliphatic rings. The van der Waals surface area contributed by atoms with E-state index in [1.165, 1.54) is 7.11 Å². The van der Waals surface area contributed by atoms with Crippen molar-refractivity contribution in [3.8, 4) is 0 Å². The van der Waals surface area contributed by atoms with Crippen molar-refractivity contribution in [2.45, 2.75) is 38.4 Å². The Kier molecular flexibility index (Phi) is 4.73. The Bertz CT molecular complexity index is 601. The molecule has 6 nitrogen and oxygen atoms in total.